The zero-order chi connectivity index (χ0) is 29.8. The molecule has 2 aliphatic heterocycles. The van der Waals surface area contributed by atoms with E-state index in [0.29, 0.717) is 22.5 Å². The number of nitrogens with one attached hydrogen (secondary N) is 1. The minimum absolute atomic E-state index is 0.000203. The van der Waals surface area contributed by atoms with E-state index in [0.717, 1.165) is 0 Å². The molecule has 0 saturated heterocycles. The lowest BCUT2D eigenvalue weighted by atomic mass is 9.65. The molecule has 0 amide bonds. The molecule has 0 radical (unpaired) electrons. The van der Waals surface area contributed by atoms with Crippen LogP contribution in [-0.4, -0.2) is 57.5 Å². The van der Waals surface area contributed by atoms with Gasteiger partial charge in [0.25, 0.3) is 0 Å². The van der Waals surface area contributed by atoms with Crippen LogP contribution in [0.1, 0.15) is 52.5 Å². The average molecular weight is 582 g/mol. The van der Waals surface area contributed by atoms with Crippen LogP contribution in [0.4, 0.5) is 0 Å². The van der Waals surface area contributed by atoms with Crippen LogP contribution >= 0.6 is 11.6 Å². The molecule has 11 heteroatoms. The number of ketones is 2. The van der Waals surface area contributed by atoms with Crippen molar-refractivity contribution in [3.05, 3.63) is 74.6 Å². The van der Waals surface area contributed by atoms with Gasteiger partial charge < -0.3 is 29.0 Å². The highest BCUT2D eigenvalue weighted by molar-refractivity contribution is 6.36. The first-order chi connectivity index (χ1) is 19.5. The summed E-state index contributed by atoms with van der Waals surface area (Å²) in [5.74, 6) is -3.57. The van der Waals surface area contributed by atoms with Crippen LogP contribution in [0.3, 0.4) is 0 Å². The van der Waals surface area contributed by atoms with Crippen molar-refractivity contribution in [2.24, 2.45) is 5.92 Å². The number of dihydropyridines is 1. The van der Waals surface area contributed by atoms with Crippen LogP contribution in [0.25, 0.3) is 0 Å². The number of hydrogen-bond acceptors (Lipinski definition) is 10. The normalized spacial score (nSPS) is 23.0. The third-order valence-electron chi connectivity index (χ3n) is 7.92. The molecular weight excluding hydrogens is 554 g/mol. The Kier molecular flexibility index (Phi) is 7.07. The number of hydrogen-bond donors (Lipinski definition) is 1. The van der Waals surface area contributed by atoms with E-state index >= 15 is 0 Å². The Bertz CT molecular complexity index is 1570. The zero-order valence-corrected chi connectivity index (χ0v) is 24.1. The summed E-state index contributed by atoms with van der Waals surface area (Å²) in [6.07, 6.45) is 0.250. The molecule has 1 N–H and O–H groups in total. The highest BCUT2D eigenvalue weighted by atomic mass is 35.5. The molecule has 1 spiro atoms. The summed E-state index contributed by atoms with van der Waals surface area (Å²) in [6.45, 7) is 3.47. The molecule has 2 aromatic carbocycles. The summed E-state index contributed by atoms with van der Waals surface area (Å²) >= 11 is 6.56. The van der Waals surface area contributed by atoms with Gasteiger partial charge in [-0.25, -0.2) is 9.59 Å². The second kappa shape index (κ2) is 10.3. The summed E-state index contributed by atoms with van der Waals surface area (Å²) in [5.41, 5.74) is 0.338. The van der Waals surface area contributed by atoms with Crippen molar-refractivity contribution in [2.75, 3.05) is 28.4 Å². The maximum absolute atomic E-state index is 14.7. The van der Waals surface area contributed by atoms with Gasteiger partial charge in [-0.15, -0.1) is 0 Å². The maximum Gasteiger partial charge on any atom is 0.337 e. The summed E-state index contributed by atoms with van der Waals surface area (Å²) in [6, 6.07) is 7.84. The zero-order valence-electron chi connectivity index (χ0n) is 23.3. The van der Waals surface area contributed by atoms with Crippen LogP contribution in [0.15, 0.2) is 52.9 Å². The van der Waals surface area contributed by atoms with Gasteiger partial charge in [0.15, 0.2) is 5.75 Å². The van der Waals surface area contributed by atoms with Crippen molar-refractivity contribution in [1.82, 2.24) is 5.32 Å². The van der Waals surface area contributed by atoms with E-state index < -0.39 is 40.9 Å². The fraction of sp³-hybridized carbons (Fsp3) is 0.333. The van der Waals surface area contributed by atoms with Crippen molar-refractivity contribution in [3.63, 3.8) is 0 Å². The van der Waals surface area contributed by atoms with E-state index in [1.807, 2.05) is 0 Å². The van der Waals surface area contributed by atoms with E-state index in [9.17, 15) is 19.2 Å². The summed E-state index contributed by atoms with van der Waals surface area (Å²) in [4.78, 5) is 54.1. The number of carbonyl (C=O) groups is 4. The molecule has 41 heavy (non-hydrogen) atoms. The first kappa shape index (κ1) is 28.2. The summed E-state index contributed by atoms with van der Waals surface area (Å²) in [5, 5.41) is 3.24. The molecule has 3 aliphatic rings. The predicted molar refractivity (Wildman–Crippen MR) is 146 cm³/mol. The number of halogens is 1. The van der Waals surface area contributed by atoms with E-state index in [-0.39, 0.29) is 45.4 Å². The predicted octanol–water partition coefficient (Wildman–Crippen LogP) is 4.15. The number of ether oxygens (including phenoxy) is 5. The van der Waals surface area contributed by atoms with Crippen molar-refractivity contribution in [3.8, 4) is 17.2 Å². The molecule has 0 aromatic heterocycles. The van der Waals surface area contributed by atoms with Gasteiger partial charge >= 0.3 is 11.9 Å². The monoisotopic (exact) mass is 581 g/mol. The number of fused-ring (bicyclic) bond motifs is 1. The molecule has 1 aliphatic carbocycles. The van der Waals surface area contributed by atoms with E-state index in [4.69, 9.17) is 35.3 Å². The van der Waals surface area contributed by atoms with E-state index in [1.165, 1.54) is 34.5 Å². The largest absolute Gasteiger partial charge is 0.496 e. The Morgan fingerprint density at radius 2 is 1.61 bits per heavy atom. The third kappa shape index (κ3) is 4.00. The van der Waals surface area contributed by atoms with Gasteiger partial charge in [0.1, 0.15) is 22.1 Å². The van der Waals surface area contributed by atoms with Gasteiger partial charge in [-0.2, -0.15) is 0 Å². The minimum atomic E-state index is -1.97. The van der Waals surface area contributed by atoms with Gasteiger partial charge in [-0.1, -0.05) is 30.7 Å². The number of methoxy groups -OCH3 is 4. The molecule has 3 atom stereocenters. The number of rotatable bonds is 5. The lowest BCUT2D eigenvalue weighted by molar-refractivity contribution is -0.136. The molecule has 5 rings (SSSR count). The third-order valence-corrected chi connectivity index (χ3v) is 8.28. The SMILES string of the molecule is COC(=O)C1=C(C)NC2=C(C(=O)[C@@]3(Oc4c(Cl)c(OC)cc(OC)c4C3=O)[C@H](C)C2)C1c1ccc(C(=O)OC)cc1. The lowest BCUT2D eigenvalue weighted by Gasteiger charge is -2.42. The average Bonchev–Trinajstić information content (AvgIpc) is 3.29. The lowest BCUT2D eigenvalue weighted by Crippen LogP contribution is -2.58. The van der Waals surface area contributed by atoms with Gasteiger partial charge in [0.05, 0.1) is 39.6 Å². The Morgan fingerprint density at radius 1 is 0.976 bits per heavy atom. The number of Topliss-reactive ketones (excluding diaryl/α,β-unsaturated/α-hetero) is 2. The minimum Gasteiger partial charge on any atom is -0.496 e. The standard InChI is InChI=1S/C30H28ClNO9/c1-13-11-17-22(26(33)30(13)27(34)23-18(37-3)12-19(38-4)24(31)25(23)41-30)21(20(14(2)32-17)29(36)40-6)15-7-9-16(10-8-15)28(35)39-5/h7-10,12-13,21,32H,11H2,1-6H3/t13-,21?,30+/m1/s1. The Hall–Kier alpha value is -4.31. The van der Waals surface area contributed by atoms with Crippen molar-refractivity contribution >= 4 is 35.1 Å². The Labute approximate surface area is 241 Å². The Morgan fingerprint density at radius 3 is 2.20 bits per heavy atom. The van der Waals surface area contributed by atoms with Crippen molar-refractivity contribution in [2.45, 2.75) is 31.8 Å². The fourth-order valence-corrected chi connectivity index (χ4v) is 6.18. The van der Waals surface area contributed by atoms with Gasteiger partial charge in [-0.3, -0.25) is 9.59 Å². The molecular formula is C30H28ClNO9. The van der Waals surface area contributed by atoms with Gasteiger partial charge in [0, 0.05) is 34.9 Å². The molecule has 0 fully saturated rings. The molecule has 214 valence electrons. The molecule has 2 heterocycles. The van der Waals surface area contributed by atoms with Crippen LogP contribution in [0, 0.1) is 5.92 Å². The maximum atomic E-state index is 14.7. The smallest absolute Gasteiger partial charge is 0.337 e. The van der Waals surface area contributed by atoms with Crippen LogP contribution in [0.5, 0.6) is 17.2 Å². The summed E-state index contributed by atoms with van der Waals surface area (Å²) in [7, 11) is 5.33. The van der Waals surface area contributed by atoms with E-state index in [2.05, 4.69) is 5.32 Å². The molecule has 0 bridgehead atoms. The van der Waals surface area contributed by atoms with Crippen LogP contribution in [0.2, 0.25) is 5.02 Å². The topological polar surface area (TPSA) is 126 Å². The Balaban J connectivity index is 1.69. The van der Waals surface area contributed by atoms with Crippen LogP contribution in [-0.2, 0) is 19.1 Å². The number of esters is 2. The van der Waals surface area contributed by atoms with Gasteiger partial charge in [0.2, 0.25) is 17.2 Å². The molecule has 0 saturated carbocycles. The van der Waals surface area contributed by atoms with Gasteiger partial charge in [-0.05, 0) is 31.0 Å². The van der Waals surface area contributed by atoms with E-state index in [1.54, 1.807) is 38.1 Å². The van der Waals surface area contributed by atoms with Crippen LogP contribution < -0.4 is 19.5 Å². The molecule has 1 unspecified atom stereocenters. The number of allylic oxidation sites excluding steroid dienone is 2. The highest BCUT2D eigenvalue weighted by Gasteiger charge is 2.63. The molecule has 10 nitrogen and oxygen atoms in total. The quantitative estimate of drug-likeness (QED) is 0.406. The molecule has 2 aromatic rings. The first-order valence-electron chi connectivity index (χ1n) is 12.8. The highest BCUT2D eigenvalue weighted by Crippen LogP contribution is 2.56. The second-order valence-electron chi connectivity index (χ2n) is 9.99. The van der Waals surface area contributed by atoms with Crippen molar-refractivity contribution in [1.29, 1.82) is 0 Å². The van der Waals surface area contributed by atoms with Crippen molar-refractivity contribution < 1.29 is 42.9 Å². The fourth-order valence-electron chi connectivity index (χ4n) is 5.92. The first-order valence-corrected chi connectivity index (χ1v) is 13.1. The summed E-state index contributed by atoms with van der Waals surface area (Å²) < 4.78 is 27.0. The second-order valence-corrected chi connectivity index (χ2v) is 10.4. The number of benzene rings is 2. The number of carbonyl (C=O) groups excluding carboxylic acids is 4.